The van der Waals surface area contributed by atoms with Gasteiger partial charge in [0, 0.05) is 16.6 Å². The van der Waals surface area contributed by atoms with Gasteiger partial charge in [-0.15, -0.1) is 0 Å². The second kappa shape index (κ2) is 10.3. The molecule has 0 atom stereocenters. The average Bonchev–Trinajstić information content (AvgIpc) is 2.88. The SMILES string of the molecule is COc1ccc(-c2cc(C(=O)OCC(=O)Nc3cc(C)ccc3C)c3ccccc3n2)cc1OC. The molecule has 4 rings (SSSR count). The Kier molecular flexibility index (Phi) is 6.96. The van der Waals surface area contributed by atoms with Crippen LogP contribution in [-0.4, -0.2) is 37.7 Å². The lowest BCUT2D eigenvalue weighted by atomic mass is 10.0. The first-order valence-corrected chi connectivity index (χ1v) is 11.1. The fourth-order valence-electron chi connectivity index (χ4n) is 3.75. The number of hydrogen-bond acceptors (Lipinski definition) is 6. The fourth-order valence-corrected chi connectivity index (χ4v) is 3.75. The standard InChI is InChI=1S/C28H26N2O5/c1-17-9-10-18(2)23(13-17)30-27(31)16-35-28(32)21-15-24(29-22-8-6-5-7-20(21)22)19-11-12-25(33-3)26(14-19)34-4/h5-15H,16H2,1-4H3,(H,30,31). The van der Waals surface area contributed by atoms with Crippen LogP contribution < -0.4 is 14.8 Å². The molecule has 4 aromatic rings. The van der Waals surface area contributed by atoms with Crippen molar-refractivity contribution >= 4 is 28.5 Å². The van der Waals surface area contributed by atoms with Crippen molar-refractivity contribution in [2.75, 3.05) is 26.1 Å². The van der Waals surface area contributed by atoms with Crippen LogP contribution >= 0.6 is 0 Å². The predicted molar refractivity (Wildman–Crippen MR) is 135 cm³/mol. The van der Waals surface area contributed by atoms with Crippen LogP contribution in [0.4, 0.5) is 5.69 Å². The number of carbonyl (C=O) groups excluding carboxylic acids is 2. The molecule has 1 amide bonds. The summed E-state index contributed by atoms with van der Waals surface area (Å²) in [6, 6.07) is 20.1. The Bertz CT molecular complexity index is 1410. The van der Waals surface area contributed by atoms with E-state index >= 15 is 0 Å². The molecule has 0 aliphatic heterocycles. The van der Waals surface area contributed by atoms with Crippen LogP contribution in [0.15, 0.2) is 66.7 Å². The monoisotopic (exact) mass is 470 g/mol. The van der Waals surface area contributed by atoms with Crippen LogP contribution in [0.1, 0.15) is 21.5 Å². The molecule has 0 unspecified atom stereocenters. The number of ether oxygens (including phenoxy) is 3. The van der Waals surface area contributed by atoms with Crippen molar-refractivity contribution in [3.63, 3.8) is 0 Å². The largest absolute Gasteiger partial charge is 0.493 e. The number of amides is 1. The number of hydrogen-bond donors (Lipinski definition) is 1. The first-order chi connectivity index (χ1) is 16.9. The van der Waals surface area contributed by atoms with E-state index in [0.29, 0.717) is 39.3 Å². The van der Waals surface area contributed by atoms with Crippen molar-refractivity contribution < 1.29 is 23.8 Å². The second-order valence-corrected chi connectivity index (χ2v) is 8.08. The summed E-state index contributed by atoms with van der Waals surface area (Å²) in [5, 5.41) is 3.44. The lowest BCUT2D eigenvalue weighted by Crippen LogP contribution is -2.21. The summed E-state index contributed by atoms with van der Waals surface area (Å²) in [7, 11) is 3.12. The number of nitrogens with one attached hydrogen (secondary N) is 1. The number of rotatable bonds is 7. The van der Waals surface area contributed by atoms with E-state index in [1.54, 1.807) is 38.5 Å². The third-order valence-corrected chi connectivity index (χ3v) is 5.62. The Morgan fingerprint density at radius 1 is 0.886 bits per heavy atom. The summed E-state index contributed by atoms with van der Waals surface area (Å²) in [4.78, 5) is 30.2. The molecule has 0 spiro atoms. The van der Waals surface area contributed by atoms with Crippen molar-refractivity contribution in [1.29, 1.82) is 0 Å². The maximum Gasteiger partial charge on any atom is 0.339 e. The molecule has 7 heteroatoms. The van der Waals surface area contributed by atoms with Gasteiger partial charge in [-0.25, -0.2) is 9.78 Å². The number of para-hydroxylation sites is 1. The molecule has 3 aromatic carbocycles. The van der Waals surface area contributed by atoms with Crippen molar-refractivity contribution in [3.05, 3.63) is 83.4 Å². The van der Waals surface area contributed by atoms with Gasteiger partial charge in [0.2, 0.25) is 0 Å². The average molecular weight is 471 g/mol. The normalized spacial score (nSPS) is 10.6. The third kappa shape index (κ3) is 5.24. The fraction of sp³-hybridized carbons (Fsp3) is 0.179. The second-order valence-electron chi connectivity index (χ2n) is 8.08. The third-order valence-electron chi connectivity index (χ3n) is 5.62. The van der Waals surface area contributed by atoms with Gasteiger partial charge in [0.05, 0.1) is 31.0 Å². The number of carbonyl (C=O) groups is 2. The first-order valence-electron chi connectivity index (χ1n) is 11.1. The van der Waals surface area contributed by atoms with Gasteiger partial charge in [-0.05, 0) is 61.4 Å². The number of nitrogens with zero attached hydrogens (tertiary/aromatic N) is 1. The summed E-state index contributed by atoms with van der Waals surface area (Å²) in [6.07, 6.45) is 0. The minimum absolute atomic E-state index is 0.319. The van der Waals surface area contributed by atoms with E-state index < -0.39 is 18.5 Å². The highest BCUT2D eigenvalue weighted by Crippen LogP contribution is 2.33. The quantitative estimate of drug-likeness (QED) is 0.367. The molecular weight excluding hydrogens is 444 g/mol. The molecule has 0 saturated carbocycles. The zero-order chi connectivity index (χ0) is 24.9. The lowest BCUT2D eigenvalue weighted by molar-refractivity contribution is -0.119. The van der Waals surface area contributed by atoms with E-state index in [-0.39, 0.29) is 0 Å². The zero-order valence-corrected chi connectivity index (χ0v) is 20.0. The van der Waals surface area contributed by atoms with Crippen LogP contribution in [0, 0.1) is 13.8 Å². The van der Waals surface area contributed by atoms with E-state index in [1.165, 1.54) is 0 Å². The van der Waals surface area contributed by atoms with Gasteiger partial charge in [-0.2, -0.15) is 0 Å². The minimum atomic E-state index is -0.610. The molecule has 0 aliphatic rings. The van der Waals surface area contributed by atoms with E-state index in [9.17, 15) is 9.59 Å². The number of methoxy groups -OCH3 is 2. The van der Waals surface area contributed by atoms with Crippen molar-refractivity contribution in [1.82, 2.24) is 4.98 Å². The maximum atomic E-state index is 13.1. The van der Waals surface area contributed by atoms with Crippen LogP contribution in [0.5, 0.6) is 11.5 Å². The highest BCUT2D eigenvalue weighted by atomic mass is 16.5. The highest BCUT2D eigenvalue weighted by Gasteiger charge is 2.18. The van der Waals surface area contributed by atoms with Crippen LogP contribution in [0.2, 0.25) is 0 Å². The number of benzene rings is 3. The summed E-state index contributed by atoms with van der Waals surface area (Å²) < 4.78 is 16.1. The molecule has 0 fully saturated rings. The molecule has 1 aromatic heterocycles. The first kappa shape index (κ1) is 23.8. The molecule has 0 saturated heterocycles. The minimum Gasteiger partial charge on any atom is -0.493 e. The summed E-state index contributed by atoms with van der Waals surface area (Å²) >= 11 is 0. The zero-order valence-electron chi connectivity index (χ0n) is 20.0. The highest BCUT2D eigenvalue weighted by molar-refractivity contribution is 6.05. The Labute approximate surface area is 203 Å². The van der Waals surface area contributed by atoms with Gasteiger partial charge >= 0.3 is 5.97 Å². The predicted octanol–water partition coefficient (Wildman–Crippen LogP) is 5.33. The van der Waals surface area contributed by atoms with E-state index in [2.05, 4.69) is 5.32 Å². The number of aromatic nitrogens is 1. The number of pyridine rings is 1. The van der Waals surface area contributed by atoms with Crippen molar-refractivity contribution in [3.8, 4) is 22.8 Å². The molecule has 7 nitrogen and oxygen atoms in total. The van der Waals surface area contributed by atoms with E-state index in [4.69, 9.17) is 19.2 Å². The molecule has 0 bridgehead atoms. The molecule has 1 heterocycles. The van der Waals surface area contributed by atoms with Crippen LogP contribution in [-0.2, 0) is 9.53 Å². The number of fused-ring (bicyclic) bond motifs is 1. The Morgan fingerprint density at radius 3 is 2.43 bits per heavy atom. The van der Waals surface area contributed by atoms with Gasteiger partial charge in [-0.1, -0.05) is 30.3 Å². The molecule has 35 heavy (non-hydrogen) atoms. The van der Waals surface area contributed by atoms with Gasteiger partial charge in [0.1, 0.15) is 0 Å². The Morgan fingerprint density at radius 2 is 1.66 bits per heavy atom. The smallest absolute Gasteiger partial charge is 0.339 e. The Balaban J connectivity index is 1.60. The van der Waals surface area contributed by atoms with E-state index in [1.807, 2.05) is 56.3 Å². The van der Waals surface area contributed by atoms with Gasteiger partial charge in [0.15, 0.2) is 18.1 Å². The van der Waals surface area contributed by atoms with Gasteiger partial charge in [0.25, 0.3) is 5.91 Å². The number of aryl methyl sites for hydroxylation is 2. The summed E-state index contributed by atoms with van der Waals surface area (Å²) in [5.74, 6) is 0.116. The van der Waals surface area contributed by atoms with Gasteiger partial charge < -0.3 is 19.5 Å². The number of esters is 1. The molecular formula is C28H26N2O5. The lowest BCUT2D eigenvalue weighted by Gasteiger charge is -2.13. The molecule has 0 radical (unpaired) electrons. The van der Waals surface area contributed by atoms with Crippen molar-refractivity contribution in [2.45, 2.75) is 13.8 Å². The van der Waals surface area contributed by atoms with Crippen molar-refractivity contribution in [2.24, 2.45) is 0 Å². The molecule has 0 aliphatic carbocycles. The number of anilines is 1. The molecule has 178 valence electrons. The topological polar surface area (TPSA) is 86.8 Å². The summed E-state index contributed by atoms with van der Waals surface area (Å²) in [6.45, 7) is 3.44. The van der Waals surface area contributed by atoms with E-state index in [0.717, 1.165) is 16.7 Å². The summed E-state index contributed by atoms with van der Waals surface area (Å²) in [5.41, 5.74) is 4.90. The van der Waals surface area contributed by atoms with Gasteiger partial charge in [-0.3, -0.25) is 4.79 Å². The van der Waals surface area contributed by atoms with Crippen LogP contribution in [0.25, 0.3) is 22.2 Å². The maximum absolute atomic E-state index is 13.1. The molecule has 1 N–H and O–H groups in total. The Hall–Kier alpha value is -4.39. The van der Waals surface area contributed by atoms with Crippen LogP contribution in [0.3, 0.4) is 0 Å².